The minimum Gasteiger partial charge on any atom is -0.336 e. The lowest BCUT2D eigenvalue weighted by atomic mass is 10.1. The number of rotatable bonds is 6. The predicted molar refractivity (Wildman–Crippen MR) is 97.5 cm³/mol. The molecule has 2 rings (SSSR count). The number of hydrogen-bond donors (Lipinski definition) is 1. The van der Waals surface area contributed by atoms with Gasteiger partial charge in [-0.2, -0.15) is 0 Å². The highest BCUT2D eigenvalue weighted by Crippen LogP contribution is 2.22. The molecule has 0 spiro atoms. The first kappa shape index (κ1) is 18.3. The van der Waals surface area contributed by atoms with E-state index in [1.165, 1.54) is 4.90 Å². The van der Waals surface area contributed by atoms with Crippen LogP contribution in [0, 0.1) is 0 Å². The Morgan fingerprint density at radius 3 is 2.46 bits per heavy atom. The third-order valence-electron chi connectivity index (χ3n) is 3.49. The first-order valence-electron chi connectivity index (χ1n) is 7.48. The molecule has 0 heterocycles. The molecule has 0 aliphatic heterocycles. The Hall–Kier alpha value is -2.04. The monoisotopic (exact) mass is 364 g/mol. The molecular weight excluding hydrogens is 347 g/mol. The van der Waals surface area contributed by atoms with Crippen molar-refractivity contribution < 1.29 is 9.59 Å². The van der Waals surface area contributed by atoms with Crippen molar-refractivity contribution in [1.82, 2.24) is 4.90 Å². The van der Waals surface area contributed by atoms with Crippen molar-refractivity contribution >= 4 is 40.7 Å². The first-order valence-corrected chi connectivity index (χ1v) is 8.24. The molecule has 0 fully saturated rings. The smallest absolute Gasteiger partial charge is 0.243 e. The number of likely N-dealkylation sites (N-methyl/N-ethyl adjacent to an activating group) is 1. The number of carbonyl (C=O) groups is 2. The Morgan fingerprint density at radius 2 is 1.79 bits per heavy atom. The molecule has 0 radical (unpaired) electrons. The van der Waals surface area contributed by atoms with Gasteiger partial charge in [0, 0.05) is 29.2 Å². The Balaban J connectivity index is 1.82. The normalized spacial score (nSPS) is 10.3. The Bertz CT molecular complexity index is 720. The van der Waals surface area contributed by atoms with Gasteiger partial charge in [0.2, 0.25) is 11.8 Å². The maximum absolute atomic E-state index is 12.2. The number of nitrogens with zero attached hydrogens (tertiary/aromatic N) is 1. The van der Waals surface area contributed by atoms with Crippen LogP contribution in [-0.2, 0) is 16.0 Å². The SMILES string of the molecule is CN(CC(=O)Nc1ccccc1)C(=O)CCc1ccc(Cl)cc1Cl. The predicted octanol–water partition coefficient (Wildman–Crippen LogP) is 4.02. The largest absolute Gasteiger partial charge is 0.336 e. The van der Waals surface area contributed by atoms with E-state index in [0.29, 0.717) is 22.2 Å². The van der Waals surface area contributed by atoms with E-state index >= 15 is 0 Å². The number of anilines is 1. The molecule has 0 aromatic heterocycles. The van der Waals surface area contributed by atoms with Crippen molar-refractivity contribution in [1.29, 1.82) is 0 Å². The summed E-state index contributed by atoms with van der Waals surface area (Å²) in [7, 11) is 1.61. The van der Waals surface area contributed by atoms with Gasteiger partial charge in [0.15, 0.2) is 0 Å². The molecule has 0 aliphatic carbocycles. The number of halogens is 2. The van der Waals surface area contributed by atoms with Crippen LogP contribution < -0.4 is 5.32 Å². The highest BCUT2D eigenvalue weighted by Gasteiger charge is 2.14. The zero-order valence-corrected chi connectivity index (χ0v) is 14.8. The zero-order chi connectivity index (χ0) is 17.5. The summed E-state index contributed by atoms with van der Waals surface area (Å²) in [6, 6.07) is 14.3. The van der Waals surface area contributed by atoms with Gasteiger partial charge in [-0.15, -0.1) is 0 Å². The van der Waals surface area contributed by atoms with Crippen LogP contribution in [0.5, 0.6) is 0 Å². The summed E-state index contributed by atoms with van der Waals surface area (Å²) < 4.78 is 0. The van der Waals surface area contributed by atoms with Crippen molar-refractivity contribution in [2.75, 3.05) is 18.9 Å². The third-order valence-corrected chi connectivity index (χ3v) is 4.07. The molecule has 2 aromatic carbocycles. The van der Waals surface area contributed by atoms with Gasteiger partial charge in [-0.1, -0.05) is 47.5 Å². The Labute approximate surface area is 151 Å². The highest BCUT2D eigenvalue weighted by molar-refractivity contribution is 6.35. The van der Waals surface area contributed by atoms with E-state index in [-0.39, 0.29) is 24.8 Å². The second-order valence-corrected chi connectivity index (χ2v) is 6.24. The number of carbonyl (C=O) groups excluding carboxylic acids is 2. The van der Waals surface area contributed by atoms with E-state index in [2.05, 4.69) is 5.32 Å². The summed E-state index contributed by atoms with van der Waals surface area (Å²) in [4.78, 5) is 25.5. The lowest BCUT2D eigenvalue weighted by Crippen LogP contribution is -2.35. The van der Waals surface area contributed by atoms with Crippen LogP contribution in [0.1, 0.15) is 12.0 Å². The second kappa shape index (κ2) is 8.71. The van der Waals surface area contributed by atoms with Crippen molar-refractivity contribution in [2.45, 2.75) is 12.8 Å². The molecule has 0 saturated heterocycles. The molecular formula is C18H18Cl2N2O2. The standard InChI is InChI=1S/C18H18Cl2N2O2/c1-22(12-17(23)21-15-5-3-2-4-6-15)18(24)10-8-13-7-9-14(19)11-16(13)20/h2-7,9,11H,8,10,12H2,1H3,(H,21,23). The number of amides is 2. The van der Waals surface area contributed by atoms with Crippen LogP contribution in [0.4, 0.5) is 5.69 Å². The van der Waals surface area contributed by atoms with Crippen LogP contribution in [-0.4, -0.2) is 30.3 Å². The lowest BCUT2D eigenvalue weighted by molar-refractivity contribution is -0.133. The van der Waals surface area contributed by atoms with E-state index in [9.17, 15) is 9.59 Å². The number of hydrogen-bond acceptors (Lipinski definition) is 2. The molecule has 0 unspecified atom stereocenters. The fraction of sp³-hybridized carbons (Fsp3) is 0.222. The summed E-state index contributed by atoms with van der Waals surface area (Å²) in [6.07, 6.45) is 0.774. The van der Waals surface area contributed by atoms with Crippen LogP contribution in [0.3, 0.4) is 0 Å². The minimum atomic E-state index is -0.235. The molecule has 126 valence electrons. The molecule has 1 N–H and O–H groups in total. The van der Waals surface area contributed by atoms with Crippen molar-refractivity contribution in [3.8, 4) is 0 Å². The molecule has 0 saturated carbocycles. The van der Waals surface area contributed by atoms with Gasteiger partial charge in [-0.3, -0.25) is 9.59 Å². The number of aryl methyl sites for hydroxylation is 1. The molecule has 2 aromatic rings. The van der Waals surface area contributed by atoms with E-state index in [1.54, 1.807) is 37.4 Å². The van der Waals surface area contributed by atoms with Crippen LogP contribution >= 0.6 is 23.2 Å². The van der Waals surface area contributed by atoms with Gasteiger partial charge in [0.25, 0.3) is 0 Å². The molecule has 0 aliphatic rings. The fourth-order valence-corrected chi connectivity index (χ4v) is 2.69. The van der Waals surface area contributed by atoms with E-state index in [1.807, 2.05) is 18.2 Å². The van der Waals surface area contributed by atoms with E-state index in [4.69, 9.17) is 23.2 Å². The molecule has 4 nitrogen and oxygen atoms in total. The molecule has 6 heteroatoms. The second-order valence-electron chi connectivity index (χ2n) is 5.40. The van der Waals surface area contributed by atoms with Gasteiger partial charge >= 0.3 is 0 Å². The van der Waals surface area contributed by atoms with E-state index in [0.717, 1.165) is 5.56 Å². The molecule has 24 heavy (non-hydrogen) atoms. The first-order chi connectivity index (χ1) is 11.5. The fourth-order valence-electron chi connectivity index (χ4n) is 2.18. The summed E-state index contributed by atoms with van der Waals surface area (Å²) in [5.74, 6) is -0.356. The number of benzene rings is 2. The van der Waals surface area contributed by atoms with Crippen LogP contribution in [0.15, 0.2) is 48.5 Å². The summed E-state index contributed by atoms with van der Waals surface area (Å²) >= 11 is 11.9. The van der Waals surface area contributed by atoms with Gasteiger partial charge in [0.05, 0.1) is 6.54 Å². The molecule has 0 atom stereocenters. The summed E-state index contributed by atoms with van der Waals surface area (Å²) in [5, 5.41) is 3.85. The maximum Gasteiger partial charge on any atom is 0.243 e. The quantitative estimate of drug-likeness (QED) is 0.841. The Kier molecular flexibility index (Phi) is 6.64. The zero-order valence-electron chi connectivity index (χ0n) is 13.3. The number of para-hydroxylation sites is 1. The topological polar surface area (TPSA) is 49.4 Å². The van der Waals surface area contributed by atoms with Crippen molar-refractivity contribution in [3.63, 3.8) is 0 Å². The summed E-state index contributed by atoms with van der Waals surface area (Å²) in [6.45, 7) is 0.00206. The van der Waals surface area contributed by atoms with E-state index < -0.39 is 0 Å². The van der Waals surface area contributed by atoms with Crippen LogP contribution in [0.2, 0.25) is 10.0 Å². The van der Waals surface area contributed by atoms with Crippen molar-refractivity contribution in [2.24, 2.45) is 0 Å². The van der Waals surface area contributed by atoms with Gasteiger partial charge in [-0.25, -0.2) is 0 Å². The van der Waals surface area contributed by atoms with Gasteiger partial charge in [-0.05, 0) is 36.2 Å². The average molecular weight is 365 g/mol. The van der Waals surface area contributed by atoms with Crippen LogP contribution in [0.25, 0.3) is 0 Å². The average Bonchev–Trinajstić information content (AvgIpc) is 2.54. The van der Waals surface area contributed by atoms with Gasteiger partial charge < -0.3 is 10.2 Å². The highest BCUT2D eigenvalue weighted by atomic mass is 35.5. The third kappa shape index (κ3) is 5.55. The van der Waals surface area contributed by atoms with Gasteiger partial charge in [0.1, 0.15) is 0 Å². The maximum atomic E-state index is 12.2. The molecule has 2 amide bonds. The minimum absolute atomic E-state index is 0.00206. The number of nitrogens with one attached hydrogen (secondary N) is 1. The lowest BCUT2D eigenvalue weighted by Gasteiger charge is -2.17. The summed E-state index contributed by atoms with van der Waals surface area (Å²) in [5.41, 5.74) is 1.56. The Morgan fingerprint density at radius 1 is 1.08 bits per heavy atom. The molecule has 0 bridgehead atoms. The van der Waals surface area contributed by atoms with Crippen molar-refractivity contribution in [3.05, 3.63) is 64.1 Å².